The lowest BCUT2D eigenvalue weighted by molar-refractivity contribution is -0.151. The lowest BCUT2D eigenvalue weighted by Crippen LogP contribution is -2.57. The molecule has 3 aliphatic carbocycles. The van der Waals surface area contributed by atoms with Crippen molar-refractivity contribution in [1.29, 1.82) is 0 Å². The molecular formula is C22H30O2. The molecule has 2 nitrogen and oxygen atoms in total. The number of aryl methyl sites for hydroxylation is 1. The van der Waals surface area contributed by atoms with Crippen molar-refractivity contribution >= 4 is 5.78 Å². The molecule has 130 valence electrons. The van der Waals surface area contributed by atoms with Gasteiger partial charge in [0.1, 0.15) is 11.5 Å². The fourth-order valence-electron chi connectivity index (χ4n) is 7.15. The third-order valence-corrected chi connectivity index (χ3v) is 8.19. The minimum absolute atomic E-state index is 0.189. The van der Waals surface area contributed by atoms with Crippen molar-refractivity contribution in [2.75, 3.05) is 0 Å². The van der Waals surface area contributed by atoms with E-state index in [9.17, 15) is 9.90 Å². The van der Waals surface area contributed by atoms with Gasteiger partial charge in [-0.1, -0.05) is 27.7 Å². The van der Waals surface area contributed by atoms with Crippen molar-refractivity contribution in [2.45, 2.75) is 72.1 Å². The van der Waals surface area contributed by atoms with E-state index >= 15 is 0 Å². The molecule has 2 fully saturated rings. The standard InChI is InChI=1S/C22H30O2/c1-13-10-15(23)11-14-12-17-21(4)9-7-18(24)20(2,3)16(21)6-8-22(17,5)19(13)14/h10-11,16-17,23H,6-9,12H2,1-5H3/t16-,17+,21-,22+/m0/s1. The van der Waals surface area contributed by atoms with Crippen LogP contribution in [0.3, 0.4) is 0 Å². The minimum atomic E-state index is -0.194. The Bertz CT molecular complexity index is 732. The van der Waals surface area contributed by atoms with Crippen molar-refractivity contribution < 1.29 is 9.90 Å². The third-order valence-electron chi connectivity index (χ3n) is 8.19. The number of hydrogen-bond donors (Lipinski definition) is 1. The van der Waals surface area contributed by atoms with Crippen LogP contribution in [0.1, 0.15) is 70.1 Å². The number of hydrogen-bond acceptors (Lipinski definition) is 2. The minimum Gasteiger partial charge on any atom is -0.508 e. The summed E-state index contributed by atoms with van der Waals surface area (Å²) < 4.78 is 0. The van der Waals surface area contributed by atoms with Gasteiger partial charge in [0.15, 0.2) is 0 Å². The maximum Gasteiger partial charge on any atom is 0.138 e. The van der Waals surface area contributed by atoms with Crippen LogP contribution >= 0.6 is 0 Å². The first kappa shape index (κ1) is 16.2. The Morgan fingerprint density at radius 3 is 2.50 bits per heavy atom. The lowest BCUT2D eigenvalue weighted by Gasteiger charge is -2.60. The van der Waals surface area contributed by atoms with E-state index in [0.717, 1.165) is 32.1 Å². The number of aromatic hydroxyl groups is 1. The summed E-state index contributed by atoms with van der Waals surface area (Å²) in [7, 11) is 0. The molecule has 0 aliphatic heterocycles. The molecule has 0 amide bonds. The van der Waals surface area contributed by atoms with E-state index in [1.807, 2.05) is 12.1 Å². The summed E-state index contributed by atoms with van der Waals surface area (Å²) in [4.78, 5) is 12.6. The van der Waals surface area contributed by atoms with Crippen molar-refractivity contribution in [3.05, 3.63) is 28.8 Å². The maximum absolute atomic E-state index is 12.6. The molecule has 0 spiro atoms. The number of carbonyl (C=O) groups is 1. The highest BCUT2D eigenvalue weighted by atomic mass is 16.3. The molecule has 2 saturated carbocycles. The molecule has 0 bridgehead atoms. The Kier molecular flexibility index (Phi) is 3.13. The molecule has 24 heavy (non-hydrogen) atoms. The van der Waals surface area contributed by atoms with E-state index in [2.05, 4.69) is 34.6 Å². The summed E-state index contributed by atoms with van der Waals surface area (Å²) in [5.41, 5.74) is 4.28. The fourth-order valence-corrected chi connectivity index (χ4v) is 7.15. The van der Waals surface area contributed by atoms with Crippen LogP contribution in [0.2, 0.25) is 0 Å². The highest BCUT2D eigenvalue weighted by molar-refractivity contribution is 5.85. The average molecular weight is 326 g/mol. The Balaban J connectivity index is 1.84. The smallest absolute Gasteiger partial charge is 0.138 e. The number of Topliss-reactive ketones (excluding diaryl/α,β-unsaturated/α-hetero) is 1. The summed E-state index contributed by atoms with van der Waals surface area (Å²) in [6.45, 7) is 11.4. The topological polar surface area (TPSA) is 37.3 Å². The van der Waals surface area contributed by atoms with E-state index in [4.69, 9.17) is 0 Å². The quantitative estimate of drug-likeness (QED) is 0.733. The molecule has 0 saturated heterocycles. The van der Waals surface area contributed by atoms with Gasteiger partial charge in [-0.05, 0) is 84.1 Å². The van der Waals surface area contributed by atoms with Gasteiger partial charge >= 0.3 is 0 Å². The van der Waals surface area contributed by atoms with Crippen LogP contribution in [0, 0.1) is 29.6 Å². The summed E-state index contributed by atoms with van der Waals surface area (Å²) in [6, 6.07) is 3.92. The van der Waals surface area contributed by atoms with Crippen LogP contribution in [0.25, 0.3) is 0 Å². The van der Waals surface area contributed by atoms with Crippen LogP contribution in [-0.4, -0.2) is 10.9 Å². The second-order valence-electron chi connectivity index (χ2n) is 9.71. The largest absolute Gasteiger partial charge is 0.508 e. The molecule has 1 aromatic rings. The number of phenolic OH excluding ortho intramolecular Hbond substituents is 1. The van der Waals surface area contributed by atoms with E-state index in [1.54, 1.807) is 0 Å². The van der Waals surface area contributed by atoms with E-state index in [0.29, 0.717) is 23.4 Å². The first-order chi connectivity index (χ1) is 11.1. The summed E-state index contributed by atoms with van der Waals surface area (Å²) in [5, 5.41) is 10.1. The highest BCUT2D eigenvalue weighted by Gasteiger charge is 2.62. The predicted molar refractivity (Wildman–Crippen MR) is 96.2 cm³/mol. The highest BCUT2D eigenvalue weighted by Crippen LogP contribution is 2.67. The number of fused-ring (bicyclic) bond motifs is 5. The molecule has 3 aliphatic rings. The van der Waals surface area contributed by atoms with Gasteiger partial charge < -0.3 is 5.11 Å². The first-order valence-corrected chi connectivity index (χ1v) is 9.47. The van der Waals surface area contributed by atoms with Crippen molar-refractivity contribution in [2.24, 2.45) is 22.7 Å². The van der Waals surface area contributed by atoms with Gasteiger partial charge in [-0.25, -0.2) is 0 Å². The summed E-state index contributed by atoms with van der Waals surface area (Å²) in [5.74, 6) is 1.91. The normalized spacial score (nSPS) is 40.0. The molecule has 0 heterocycles. The van der Waals surface area contributed by atoms with Gasteiger partial charge in [0.05, 0.1) is 0 Å². The summed E-state index contributed by atoms with van der Waals surface area (Å²) in [6.07, 6.45) is 5.11. The second kappa shape index (κ2) is 4.65. The Hall–Kier alpha value is -1.31. The van der Waals surface area contributed by atoms with E-state index in [-0.39, 0.29) is 16.2 Å². The predicted octanol–water partition coefficient (Wildman–Crippen LogP) is 4.94. The van der Waals surface area contributed by atoms with Gasteiger partial charge in [-0.2, -0.15) is 0 Å². The van der Waals surface area contributed by atoms with Gasteiger partial charge in [0.25, 0.3) is 0 Å². The van der Waals surface area contributed by atoms with Crippen LogP contribution < -0.4 is 0 Å². The van der Waals surface area contributed by atoms with Crippen LogP contribution in [-0.2, 0) is 16.6 Å². The van der Waals surface area contributed by atoms with E-state index in [1.165, 1.54) is 16.7 Å². The number of benzene rings is 1. The molecule has 2 heteroatoms. The Morgan fingerprint density at radius 2 is 1.79 bits per heavy atom. The van der Waals surface area contributed by atoms with Crippen LogP contribution in [0.4, 0.5) is 0 Å². The van der Waals surface area contributed by atoms with Gasteiger partial charge in [-0.3, -0.25) is 4.79 Å². The number of carbonyl (C=O) groups excluding carboxylic acids is 1. The van der Waals surface area contributed by atoms with E-state index < -0.39 is 0 Å². The molecule has 0 radical (unpaired) electrons. The molecule has 4 rings (SSSR count). The number of ketones is 1. The molecule has 0 aromatic heterocycles. The van der Waals surface area contributed by atoms with Crippen LogP contribution in [0.15, 0.2) is 12.1 Å². The second-order valence-corrected chi connectivity index (χ2v) is 9.71. The van der Waals surface area contributed by atoms with Gasteiger partial charge in [0.2, 0.25) is 0 Å². The maximum atomic E-state index is 12.6. The number of rotatable bonds is 0. The SMILES string of the molecule is Cc1cc(O)cc2c1[C@]1(C)CC[C@H]3C(C)(C)C(=O)CC[C@]3(C)[C@H]1C2. The lowest BCUT2D eigenvalue weighted by atomic mass is 9.43. The molecule has 0 unspecified atom stereocenters. The van der Waals surface area contributed by atoms with Gasteiger partial charge in [0, 0.05) is 11.8 Å². The average Bonchev–Trinajstić information content (AvgIpc) is 2.77. The molecule has 4 atom stereocenters. The van der Waals surface area contributed by atoms with Crippen LogP contribution in [0.5, 0.6) is 5.75 Å². The molecule has 1 N–H and O–H groups in total. The van der Waals surface area contributed by atoms with Crippen molar-refractivity contribution in [3.8, 4) is 5.75 Å². The molecular weight excluding hydrogens is 296 g/mol. The monoisotopic (exact) mass is 326 g/mol. The third kappa shape index (κ3) is 1.80. The molecule has 1 aromatic carbocycles. The zero-order valence-electron chi connectivity index (χ0n) is 15.7. The zero-order chi connectivity index (χ0) is 17.5. The number of phenols is 1. The fraction of sp³-hybridized carbons (Fsp3) is 0.682. The van der Waals surface area contributed by atoms with Gasteiger partial charge in [-0.15, -0.1) is 0 Å². The van der Waals surface area contributed by atoms with Crippen molar-refractivity contribution in [1.82, 2.24) is 0 Å². The van der Waals surface area contributed by atoms with Crippen molar-refractivity contribution in [3.63, 3.8) is 0 Å². The first-order valence-electron chi connectivity index (χ1n) is 9.47. The Labute approximate surface area is 145 Å². The Morgan fingerprint density at radius 1 is 1.08 bits per heavy atom. The summed E-state index contributed by atoms with van der Waals surface area (Å²) >= 11 is 0. The zero-order valence-corrected chi connectivity index (χ0v) is 15.7.